The molecule has 0 bridgehead atoms. The normalized spacial score (nSPS) is 21.6. The number of hydrogen-bond donors (Lipinski definition) is 1. The Hall–Kier alpha value is -2.88. The van der Waals surface area contributed by atoms with Gasteiger partial charge in [0.25, 0.3) is 5.91 Å². The molecule has 2 atom stereocenters. The highest BCUT2D eigenvalue weighted by molar-refractivity contribution is 5.98. The lowest BCUT2D eigenvalue weighted by atomic mass is 9.74. The number of allylic oxidation sites excluding steroid dienone is 2. The van der Waals surface area contributed by atoms with Crippen molar-refractivity contribution in [2.45, 2.75) is 45.6 Å². The monoisotopic (exact) mass is 388 g/mol. The van der Waals surface area contributed by atoms with Crippen molar-refractivity contribution in [1.82, 2.24) is 5.43 Å². The number of nitrogens with one attached hydrogen (secondary N) is 1. The van der Waals surface area contributed by atoms with E-state index in [0.717, 1.165) is 29.9 Å². The maximum Gasteiger partial charge on any atom is 0.271 e. The van der Waals surface area contributed by atoms with Gasteiger partial charge in [0.15, 0.2) is 0 Å². The highest BCUT2D eigenvalue weighted by atomic mass is 16.5. The van der Waals surface area contributed by atoms with E-state index in [1.54, 1.807) is 0 Å². The number of benzene rings is 2. The molecular formula is C25H28N2O2. The average molecular weight is 389 g/mol. The molecule has 29 heavy (non-hydrogen) atoms. The Morgan fingerprint density at radius 3 is 2.48 bits per heavy atom. The van der Waals surface area contributed by atoms with Crippen LogP contribution in [0.1, 0.15) is 55.1 Å². The molecule has 0 spiro atoms. The van der Waals surface area contributed by atoms with Crippen LogP contribution in [0.4, 0.5) is 0 Å². The maximum atomic E-state index is 12.3. The van der Waals surface area contributed by atoms with Gasteiger partial charge in [0.2, 0.25) is 0 Å². The van der Waals surface area contributed by atoms with Crippen LogP contribution in [0.25, 0.3) is 0 Å². The maximum absolute atomic E-state index is 12.3. The largest absolute Gasteiger partial charge is 0.489 e. The Balaban J connectivity index is 1.29. The number of ether oxygens (including phenoxy) is 1. The van der Waals surface area contributed by atoms with Crippen molar-refractivity contribution in [2.24, 2.45) is 16.9 Å². The first kappa shape index (κ1) is 19.4. The minimum absolute atomic E-state index is 0.133. The van der Waals surface area contributed by atoms with Crippen LogP contribution in [0.3, 0.4) is 0 Å². The summed E-state index contributed by atoms with van der Waals surface area (Å²) in [5, 5.41) is 4.31. The first-order chi connectivity index (χ1) is 13.9. The molecule has 1 saturated carbocycles. The highest BCUT2D eigenvalue weighted by Crippen LogP contribution is 2.40. The minimum Gasteiger partial charge on any atom is -0.489 e. The topological polar surface area (TPSA) is 50.7 Å². The van der Waals surface area contributed by atoms with Crippen molar-refractivity contribution in [2.75, 3.05) is 0 Å². The minimum atomic E-state index is -0.173. The van der Waals surface area contributed by atoms with Crippen LogP contribution < -0.4 is 10.2 Å². The third-order valence-corrected chi connectivity index (χ3v) is 5.79. The second kappa shape index (κ2) is 7.86. The third kappa shape index (κ3) is 4.42. The fourth-order valence-electron chi connectivity index (χ4n) is 3.82. The van der Waals surface area contributed by atoms with Gasteiger partial charge < -0.3 is 4.74 Å². The van der Waals surface area contributed by atoms with E-state index in [0.29, 0.717) is 24.0 Å². The summed E-state index contributed by atoms with van der Waals surface area (Å²) in [5.41, 5.74) is 6.81. The molecule has 2 aliphatic rings. The number of hydrazone groups is 1. The summed E-state index contributed by atoms with van der Waals surface area (Å²) < 4.78 is 5.87. The third-order valence-electron chi connectivity index (χ3n) is 5.79. The predicted octanol–water partition coefficient (Wildman–Crippen LogP) is 5.24. The van der Waals surface area contributed by atoms with Crippen LogP contribution in [0.2, 0.25) is 0 Å². The van der Waals surface area contributed by atoms with Crippen molar-refractivity contribution >= 4 is 11.6 Å². The van der Waals surface area contributed by atoms with Gasteiger partial charge in [-0.2, -0.15) is 5.10 Å². The number of carbonyl (C=O) groups excluding carboxylic acids is 1. The molecule has 0 aromatic heterocycles. The van der Waals surface area contributed by atoms with E-state index >= 15 is 0 Å². The molecular weight excluding hydrogens is 360 g/mol. The Morgan fingerprint density at radius 1 is 1.10 bits per heavy atom. The molecule has 0 radical (unpaired) electrons. The first-order valence-electron chi connectivity index (χ1n) is 10.3. The second-order valence-electron chi connectivity index (χ2n) is 8.96. The number of hydrogen-bond acceptors (Lipinski definition) is 3. The quantitative estimate of drug-likeness (QED) is 0.562. The van der Waals surface area contributed by atoms with Gasteiger partial charge in [-0.25, -0.2) is 5.43 Å². The van der Waals surface area contributed by atoms with Crippen LogP contribution in [0.5, 0.6) is 5.75 Å². The number of nitrogens with zero attached hydrogens (tertiary/aromatic N) is 1. The lowest BCUT2D eigenvalue weighted by Gasteiger charge is -2.31. The van der Waals surface area contributed by atoms with Gasteiger partial charge in [-0.05, 0) is 59.6 Å². The Morgan fingerprint density at radius 2 is 1.83 bits per heavy atom. The molecule has 4 heteroatoms. The molecule has 0 heterocycles. The molecule has 0 aliphatic heterocycles. The Kier molecular flexibility index (Phi) is 5.27. The van der Waals surface area contributed by atoms with Crippen molar-refractivity contribution < 1.29 is 9.53 Å². The molecule has 2 aliphatic carbocycles. The van der Waals surface area contributed by atoms with E-state index in [1.165, 1.54) is 5.56 Å². The van der Waals surface area contributed by atoms with Crippen LogP contribution in [-0.2, 0) is 12.0 Å². The summed E-state index contributed by atoms with van der Waals surface area (Å²) in [7, 11) is 0. The summed E-state index contributed by atoms with van der Waals surface area (Å²) in [6.07, 6.45) is 6.54. The van der Waals surface area contributed by atoms with E-state index in [4.69, 9.17) is 4.74 Å². The van der Waals surface area contributed by atoms with Crippen molar-refractivity contribution in [1.29, 1.82) is 0 Å². The number of carbonyl (C=O) groups is 1. The van der Waals surface area contributed by atoms with Crippen molar-refractivity contribution in [3.05, 3.63) is 77.4 Å². The standard InChI is InChI=1S/C25H28N2O2/c1-25(2,3)20-11-13-21(14-12-20)29-16-17-7-9-18(10-8-17)24(28)27-26-23-15-19-5-4-6-22(19)23/h4,6-14,19,22H,5,15-16H2,1-3H3,(H,27,28)/b26-23-/t19-,22-/m1/s1. The molecule has 0 unspecified atom stereocenters. The van der Waals surface area contributed by atoms with E-state index in [1.807, 2.05) is 36.4 Å². The van der Waals surface area contributed by atoms with E-state index in [2.05, 4.69) is 55.6 Å². The van der Waals surface area contributed by atoms with Gasteiger partial charge in [-0.3, -0.25) is 4.79 Å². The molecule has 150 valence electrons. The SMILES string of the molecule is CC(C)(C)c1ccc(OCc2ccc(C(=O)N/N=C3/C[C@H]4CC=C[C@@H]34)cc2)cc1. The molecule has 4 nitrogen and oxygen atoms in total. The zero-order valence-electron chi connectivity index (χ0n) is 17.3. The summed E-state index contributed by atoms with van der Waals surface area (Å²) >= 11 is 0. The van der Waals surface area contributed by atoms with Gasteiger partial charge in [0.1, 0.15) is 12.4 Å². The second-order valence-corrected chi connectivity index (χ2v) is 8.96. The molecule has 2 aromatic rings. The summed E-state index contributed by atoms with van der Waals surface area (Å²) in [6, 6.07) is 15.7. The fraction of sp³-hybridized carbons (Fsp3) is 0.360. The summed E-state index contributed by atoms with van der Waals surface area (Å²) in [5.74, 6) is 1.81. The van der Waals surface area contributed by atoms with E-state index in [-0.39, 0.29) is 11.3 Å². The van der Waals surface area contributed by atoms with Crippen molar-refractivity contribution in [3.63, 3.8) is 0 Å². The highest BCUT2D eigenvalue weighted by Gasteiger charge is 2.37. The Labute approximate surface area is 172 Å². The fourth-order valence-corrected chi connectivity index (χ4v) is 3.82. The van der Waals surface area contributed by atoms with Gasteiger partial charge in [-0.15, -0.1) is 0 Å². The molecule has 1 N–H and O–H groups in total. The Bertz CT molecular complexity index is 934. The average Bonchev–Trinajstić information content (AvgIpc) is 3.07. The van der Waals surface area contributed by atoms with Crippen molar-refractivity contribution in [3.8, 4) is 5.75 Å². The van der Waals surface area contributed by atoms with Gasteiger partial charge in [-0.1, -0.05) is 57.2 Å². The number of fused-ring (bicyclic) bond motifs is 1. The first-order valence-corrected chi connectivity index (χ1v) is 10.3. The van der Waals surface area contributed by atoms with Gasteiger partial charge in [0.05, 0.1) is 0 Å². The van der Waals surface area contributed by atoms with Crippen LogP contribution >= 0.6 is 0 Å². The van der Waals surface area contributed by atoms with Crippen LogP contribution in [0.15, 0.2) is 65.8 Å². The van der Waals surface area contributed by atoms with Gasteiger partial charge >= 0.3 is 0 Å². The molecule has 0 saturated heterocycles. The zero-order chi connectivity index (χ0) is 20.4. The number of amides is 1. The van der Waals surface area contributed by atoms with Crippen LogP contribution in [0, 0.1) is 11.8 Å². The molecule has 2 aromatic carbocycles. The number of rotatable bonds is 5. The molecule has 4 rings (SSSR count). The molecule has 1 fully saturated rings. The van der Waals surface area contributed by atoms with Crippen LogP contribution in [-0.4, -0.2) is 11.6 Å². The summed E-state index contributed by atoms with van der Waals surface area (Å²) in [4.78, 5) is 12.3. The molecule has 1 amide bonds. The van der Waals surface area contributed by atoms with E-state index < -0.39 is 0 Å². The lowest BCUT2D eigenvalue weighted by molar-refractivity contribution is 0.0954. The van der Waals surface area contributed by atoms with E-state index in [9.17, 15) is 4.79 Å². The summed E-state index contributed by atoms with van der Waals surface area (Å²) in [6.45, 7) is 7.05. The van der Waals surface area contributed by atoms with Gasteiger partial charge in [0, 0.05) is 17.2 Å². The predicted molar refractivity (Wildman–Crippen MR) is 116 cm³/mol. The lowest BCUT2D eigenvalue weighted by Crippen LogP contribution is -2.35. The zero-order valence-corrected chi connectivity index (χ0v) is 17.3. The smallest absolute Gasteiger partial charge is 0.271 e.